The van der Waals surface area contributed by atoms with E-state index in [9.17, 15) is 19.2 Å². The third kappa shape index (κ3) is 8.58. The molecule has 0 aliphatic heterocycles. The Kier molecular flexibility index (Phi) is 8.24. The van der Waals surface area contributed by atoms with Crippen LogP contribution < -0.4 is 20.9 Å². The van der Waals surface area contributed by atoms with E-state index in [1.165, 1.54) is 18.2 Å². The zero-order valence-electron chi connectivity index (χ0n) is 12.5. The van der Waals surface area contributed by atoms with Crippen molar-refractivity contribution in [3.05, 3.63) is 40.4 Å². The molecule has 0 saturated heterocycles. The van der Waals surface area contributed by atoms with E-state index >= 15 is 0 Å². The summed E-state index contributed by atoms with van der Waals surface area (Å²) in [5, 5.41) is 11.2. The lowest BCUT2D eigenvalue weighted by molar-refractivity contribution is -0.132. The number of carboxylic acids is 1. The summed E-state index contributed by atoms with van der Waals surface area (Å²) < 4.78 is 5.17. The van der Waals surface area contributed by atoms with Crippen molar-refractivity contribution in [2.24, 2.45) is 0 Å². The fourth-order valence-corrected chi connectivity index (χ4v) is 1.79. The van der Waals surface area contributed by atoms with Crippen LogP contribution in [0, 0.1) is 0 Å². The Morgan fingerprint density at radius 1 is 1.08 bits per heavy atom. The molecule has 134 valence electrons. The largest absolute Gasteiger partial charge is 0.482 e. The molecule has 1 rings (SSSR count). The molecule has 1 aromatic carbocycles. The maximum absolute atomic E-state index is 11.6. The third-order valence-corrected chi connectivity index (χ3v) is 2.93. The van der Waals surface area contributed by atoms with Crippen molar-refractivity contribution >= 4 is 46.9 Å². The predicted molar refractivity (Wildman–Crippen MR) is 88.0 cm³/mol. The average Bonchev–Trinajstić information content (AvgIpc) is 2.55. The highest BCUT2D eigenvalue weighted by atomic mass is 35.5. The van der Waals surface area contributed by atoms with Crippen LogP contribution in [0.2, 0.25) is 10.0 Å². The quantitative estimate of drug-likeness (QED) is 0.390. The first-order chi connectivity index (χ1) is 11.8. The van der Waals surface area contributed by atoms with Gasteiger partial charge in [-0.25, -0.2) is 4.79 Å². The number of carbonyl (C=O) groups is 4. The summed E-state index contributed by atoms with van der Waals surface area (Å²) in [7, 11) is 0. The molecular formula is C14H13Cl2N3O6. The van der Waals surface area contributed by atoms with Gasteiger partial charge in [-0.05, 0) is 18.2 Å². The Hall–Kier alpha value is -2.78. The van der Waals surface area contributed by atoms with Crippen LogP contribution in [0.4, 0.5) is 0 Å². The van der Waals surface area contributed by atoms with E-state index in [4.69, 9.17) is 33.0 Å². The number of hydrazine groups is 1. The lowest BCUT2D eigenvalue weighted by Crippen LogP contribution is -2.46. The molecule has 0 spiro atoms. The molecule has 9 nitrogen and oxygen atoms in total. The molecule has 0 bridgehead atoms. The maximum Gasteiger partial charge on any atom is 0.328 e. The van der Waals surface area contributed by atoms with E-state index in [1.807, 2.05) is 10.9 Å². The van der Waals surface area contributed by atoms with E-state index in [0.717, 1.165) is 0 Å². The van der Waals surface area contributed by atoms with Gasteiger partial charge in [-0.1, -0.05) is 23.2 Å². The summed E-state index contributed by atoms with van der Waals surface area (Å²) in [4.78, 5) is 44.3. The first kappa shape index (κ1) is 20.3. The summed E-state index contributed by atoms with van der Waals surface area (Å²) >= 11 is 11.6. The monoisotopic (exact) mass is 389 g/mol. The molecule has 0 atom stereocenters. The van der Waals surface area contributed by atoms with Crippen molar-refractivity contribution in [3.63, 3.8) is 0 Å². The van der Waals surface area contributed by atoms with Crippen LogP contribution in [-0.2, 0) is 19.2 Å². The van der Waals surface area contributed by atoms with Gasteiger partial charge in [0.05, 0.1) is 11.6 Å². The zero-order chi connectivity index (χ0) is 18.8. The minimum atomic E-state index is -1.31. The number of ether oxygens (including phenoxy) is 1. The minimum absolute atomic E-state index is 0.232. The van der Waals surface area contributed by atoms with Crippen molar-refractivity contribution in [2.75, 3.05) is 13.2 Å². The van der Waals surface area contributed by atoms with Crippen molar-refractivity contribution in [3.8, 4) is 5.75 Å². The van der Waals surface area contributed by atoms with Crippen LogP contribution >= 0.6 is 23.2 Å². The second kappa shape index (κ2) is 10.2. The number of rotatable bonds is 7. The Balaban J connectivity index is 2.28. The van der Waals surface area contributed by atoms with Gasteiger partial charge in [0.15, 0.2) is 6.61 Å². The Morgan fingerprint density at radius 2 is 1.80 bits per heavy atom. The van der Waals surface area contributed by atoms with Gasteiger partial charge in [0.1, 0.15) is 5.75 Å². The van der Waals surface area contributed by atoms with Gasteiger partial charge >= 0.3 is 5.97 Å². The number of hydrogen-bond acceptors (Lipinski definition) is 5. The van der Waals surface area contributed by atoms with E-state index in [-0.39, 0.29) is 17.4 Å². The molecule has 0 heterocycles. The number of hydrogen-bond donors (Lipinski definition) is 4. The SMILES string of the molecule is O=C(O)/C=C/C(=O)NNC(=O)CNC(=O)COc1ccc(Cl)cc1Cl. The topological polar surface area (TPSA) is 134 Å². The Morgan fingerprint density at radius 3 is 2.44 bits per heavy atom. The number of carbonyl (C=O) groups excluding carboxylic acids is 3. The van der Waals surface area contributed by atoms with Crippen molar-refractivity contribution in [1.82, 2.24) is 16.2 Å². The summed E-state index contributed by atoms with van der Waals surface area (Å²) in [5.41, 5.74) is 3.91. The predicted octanol–water partition coefficient (Wildman–Crippen LogP) is 0.277. The first-order valence-corrected chi connectivity index (χ1v) is 7.38. The van der Waals surface area contributed by atoms with E-state index in [1.54, 1.807) is 0 Å². The van der Waals surface area contributed by atoms with Crippen molar-refractivity contribution in [1.29, 1.82) is 0 Å². The molecule has 0 saturated carbocycles. The van der Waals surface area contributed by atoms with Crippen molar-refractivity contribution < 1.29 is 29.0 Å². The van der Waals surface area contributed by atoms with Crippen LogP contribution in [0.25, 0.3) is 0 Å². The second-order valence-corrected chi connectivity index (χ2v) is 5.19. The Labute approximate surface area is 151 Å². The van der Waals surface area contributed by atoms with Gasteiger partial charge in [0.25, 0.3) is 17.7 Å². The summed E-state index contributed by atoms with van der Waals surface area (Å²) in [5.74, 6) is -3.23. The summed E-state index contributed by atoms with van der Waals surface area (Å²) in [6.07, 6.45) is 1.31. The van der Waals surface area contributed by atoms with E-state index < -0.39 is 30.2 Å². The van der Waals surface area contributed by atoms with E-state index in [0.29, 0.717) is 17.2 Å². The minimum Gasteiger partial charge on any atom is -0.482 e. The highest BCUT2D eigenvalue weighted by Crippen LogP contribution is 2.27. The smallest absolute Gasteiger partial charge is 0.328 e. The van der Waals surface area contributed by atoms with Crippen LogP contribution in [-0.4, -0.2) is 41.9 Å². The molecule has 0 radical (unpaired) electrons. The highest BCUT2D eigenvalue weighted by Gasteiger charge is 2.09. The van der Waals surface area contributed by atoms with Gasteiger partial charge in [-0.15, -0.1) is 0 Å². The van der Waals surface area contributed by atoms with Gasteiger partial charge in [0, 0.05) is 17.2 Å². The lowest BCUT2D eigenvalue weighted by atomic mass is 10.3. The maximum atomic E-state index is 11.6. The number of benzene rings is 1. The van der Waals surface area contributed by atoms with Gasteiger partial charge in [-0.2, -0.15) is 0 Å². The van der Waals surface area contributed by atoms with Crippen LogP contribution in [0.3, 0.4) is 0 Å². The fourth-order valence-electron chi connectivity index (χ4n) is 1.33. The second-order valence-electron chi connectivity index (χ2n) is 4.35. The Bertz CT molecular complexity index is 708. The third-order valence-electron chi connectivity index (χ3n) is 2.40. The van der Waals surface area contributed by atoms with Crippen LogP contribution in [0.1, 0.15) is 0 Å². The average molecular weight is 390 g/mol. The first-order valence-electron chi connectivity index (χ1n) is 6.62. The standard InChI is InChI=1S/C14H13Cl2N3O6/c15-8-1-2-10(9(16)5-8)25-7-13(22)17-6-12(21)19-18-11(20)3-4-14(23)24/h1-5H,6-7H2,(H,17,22)(H,18,20)(H,19,21)(H,23,24)/b4-3+. The van der Waals surface area contributed by atoms with E-state index in [2.05, 4.69) is 5.32 Å². The number of aliphatic carboxylic acids is 1. The van der Waals surface area contributed by atoms with Gasteiger partial charge in [0.2, 0.25) is 0 Å². The number of carboxylic acid groups (broad SMARTS) is 1. The molecular weight excluding hydrogens is 377 g/mol. The van der Waals surface area contributed by atoms with Gasteiger partial charge in [-0.3, -0.25) is 25.2 Å². The molecule has 11 heteroatoms. The van der Waals surface area contributed by atoms with Crippen LogP contribution in [0.15, 0.2) is 30.4 Å². The molecule has 0 aliphatic rings. The zero-order valence-corrected chi connectivity index (χ0v) is 14.1. The lowest BCUT2D eigenvalue weighted by Gasteiger charge is -2.09. The molecule has 0 unspecified atom stereocenters. The van der Waals surface area contributed by atoms with Gasteiger partial charge < -0.3 is 15.2 Å². The number of amides is 3. The molecule has 1 aromatic rings. The molecule has 0 aliphatic carbocycles. The molecule has 4 N–H and O–H groups in total. The van der Waals surface area contributed by atoms with Crippen LogP contribution in [0.5, 0.6) is 5.75 Å². The molecule has 3 amide bonds. The molecule has 25 heavy (non-hydrogen) atoms. The molecule has 0 fully saturated rings. The summed E-state index contributed by atoms with van der Waals surface area (Å²) in [6.45, 7) is -0.818. The fraction of sp³-hybridized carbons (Fsp3) is 0.143. The summed E-state index contributed by atoms with van der Waals surface area (Å²) in [6, 6.07) is 4.48. The normalized spacial score (nSPS) is 10.2. The van der Waals surface area contributed by atoms with Crippen molar-refractivity contribution in [2.45, 2.75) is 0 Å². The highest BCUT2D eigenvalue weighted by molar-refractivity contribution is 6.35. The molecule has 0 aromatic heterocycles. The number of nitrogens with one attached hydrogen (secondary N) is 3. The number of halogens is 2.